The van der Waals surface area contributed by atoms with Gasteiger partial charge in [-0.3, -0.25) is 9.88 Å². The van der Waals surface area contributed by atoms with Gasteiger partial charge in [0.15, 0.2) is 0 Å². The molecule has 4 rings (SSSR count). The number of nitrogens with zero attached hydrogens (tertiary/aromatic N) is 4. The maximum absolute atomic E-state index is 5.54. The quantitative estimate of drug-likeness (QED) is 0.711. The van der Waals surface area contributed by atoms with Gasteiger partial charge in [0.2, 0.25) is 11.7 Å². The summed E-state index contributed by atoms with van der Waals surface area (Å²) >= 11 is 0. The van der Waals surface area contributed by atoms with Crippen molar-refractivity contribution < 1.29 is 4.52 Å². The number of rotatable bonds is 5. The summed E-state index contributed by atoms with van der Waals surface area (Å²) in [5, 5.41) is 4.15. The number of pyridine rings is 1. The van der Waals surface area contributed by atoms with Gasteiger partial charge in [-0.1, -0.05) is 35.5 Å². The molecular weight excluding hydrogens is 312 g/mol. The van der Waals surface area contributed by atoms with Crippen LogP contribution in [0.5, 0.6) is 0 Å². The zero-order valence-electron chi connectivity index (χ0n) is 14.4. The molecule has 5 heteroatoms. The van der Waals surface area contributed by atoms with Gasteiger partial charge in [-0.2, -0.15) is 4.98 Å². The standard InChI is InChI=1S/C20H22N4O/c1-15(20-22-19(23-25-20)18-5-3-2-4-6-18)24-12-9-17(14-24)13-16-7-10-21-11-8-16/h2-8,10-11,15,17H,9,12-14H2,1H3/t15-,17+/m0/s1. The Labute approximate surface area is 147 Å². The third-order valence-electron chi connectivity index (χ3n) is 4.97. The van der Waals surface area contributed by atoms with Crippen LogP contribution in [0.3, 0.4) is 0 Å². The number of hydrogen-bond donors (Lipinski definition) is 0. The zero-order valence-corrected chi connectivity index (χ0v) is 14.4. The summed E-state index contributed by atoms with van der Waals surface area (Å²) < 4.78 is 5.54. The molecule has 1 aliphatic rings. The van der Waals surface area contributed by atoms with Crippen LogP contribution in [-0.2, 0) is 6.42 Å². The summed E-state index contributed by atoms with van der Waals surface area (Å²) in [5.41, 5.74) is 2.35. The van der Waals surface area contributed by atoms with E-state index in [1.165, 1.54) is 12.0 Å². The molecule has 0 radical (unpaired) electrons. The molecule has 3 heterocycles. The molecule has 0 spiro atoms. The summed E-state index contributed by atoms with van der Waals surface area (Å²) in [4.78, 5) is 11.1. The summed E-state index contributed by atoms with van der Waals surface area (Å²) in [6.07, 6.45) is 6.04. The molecular formula is C20H22N4O. The Morgan fingerprint density at radius 3 is 2.76 bits per heavy atom. The van der Waals surface area contributed by atoms with E-state index in [1.54, 1.807) is 0 Å². The fraction of sp³-hybridized carbons (Fsp3) is 0.350. The average Bonchev–Trinajstić information content (AvgIpc) is 3.33. The highest BCUT2D eigenvalue weighted by Gasteiger charge is 2.29. The van der Waals surface area contributed by atoms with Crippen molar-refractivity contribution >= 4 is 0 Å². The molecule has 0 saturated carbocycles. The lowest BCUT2D eigenvalue weighted by molar-refractivity contribution is 0.203. The van der Waals surface area contributed by atoms with Crippen LogP contribution in [0.2, 0.25) is 0 Å². The van der Waals surface area contributed by atoms with E-state index in [1.807, 2.05) is 42.7 Å². The lowest BCUT2D eigenvalue weighted by Crippen LogP contribution is -2.25. The van der Waals surface area contributed by atoms with Crippen molar-refractivity contribution in [1.29, 1.82) is 0 Å². The summed E-state index contributed by atoms with van der Waals surface area (Å²) in [6, 6.07) is 14.3. The first-order chi connectivity index (χ1) is 12.3. The smallest absolute Gasteiger partial charge is 0.244 e. The highest BCUT2D eigenvalue weighted by molar-refractivity contribution is 5.53. The molecule has 2 atom stereocenters. The molecule has 0 aliphatic carbocycles. The Kier molecular flexibility index (Phi) is 4.57. The first-order valence-electron chi connectivity index (χ1n) is 8.81. The maximum Gasteiger partial charge on any atom is 0.244 e. The molecule has 128 valence electrons. The van der Waals surface area contributed by atoms with Gasteiger partial charge in [0.25, 0.3) is 0 Å². The second kappa shape index (κ2) is 7.15. The van der Waals surface area contributed by atoms with Crippen LogP contribution in [0.25, 0.3) is 11.4 Å². The van der Waals surface area contributed by atoms with E-state index in [9.17, 15) is 0 Å². The van der Waals surface area contributed by atoms with Crippen molar-refractivity contribution in [3.8, 4) is 11.4 Å². The molecule has 0 bridgehead atoms. The minimum atomic E-state index is 0.146. The predicted molar refractivity (Wildman–Crippen MR) is 95.8 cm³/mol. The number of likely N-dealkylation sites (tertiary alicyclic amines) is 1. The van der Waals surface area contributed by atoms with Gasteiger partial charge >= 0.3 is 0 Å². The average molecular weight is 334 g/mol. The molecule has 1 fully saturated rings. The van der Waals surface area contributed by atoms with Crippen LogP contribution in [0.1, 0.15) is 30.8 Å². The first-order valence-corrected chi connectivity index (χ1v) is 8.81. The predicted octanol–water partition coefficient (Wildman–Crippen LogP) is 3.76. The van der Waals surface area contributed by atoms with Crippen molar-refractivity contribution in [3.63, 3.8) is 0 Å². The van der Waals surface area contributed by atoms with Gasteiger partial charge in [0.1, 0.15) is 0 Å². The molecule has 1 aliphatic heterocycles. The normalized spacial score (nSPS) is 19.2. The van der Waals surface area contributed by atoms with Crippen molar-refractivity contribution in [3.05, 3.63) is 66.3 Å². The van der Waals surface area contributed by atoms with E-state index in [4.69, 9.17) is 4.52 Å². The summed E-state index contributed by atoms with van der Waals surface area (Å²) in [7, 11) is 0. The summed E-state index contributed by atoms with van der Waals surface area (Å²) in [5.74, 6) is 2.03. The maximum atomic E-state index is 5.54. The molecule has 2 aromatic heterocycles. The van der Waals surface area contributed by atoms with Gasteiger partial charge in [-0.15, -0.1) is 0 Å². The van der Waals surface area contributed by atoms with Gasteiger partial charge in [-0.05, 0) is 49.9 Å². The van der Waals surface area contributed by atoms with Gasteiger partial charge < -0.3 is 4.52 Å². The van der Waals surface area contributed by atoms with E-state index in [2.05, 4.69) is 39.1 Å². The Bertz CT molecular complexity index is 803. The van der Waals surface area contributed by atoms with E-state index in [0.29, 0.717) is 17.6 Å². The molecule has 5 nitrogen and oxygen atoms in total. The fourth-order valence-electron chi connectivity index (χ4n) is 3.50. The second-order valence-corrected chi connectivity index (χ2v) is 6.71. The second-order valence-electron chi connectivity index (χ2n) is 6.71. The largest absolute Gasteiger partial charge is 0.337 e. The van der Waals surface area contributed by atoms with Gasteiger partial charge in [0, 0.05) is 24.5 Å². The number of hydrogen-bond acceptors (Lipinski definition) is 5. The van der Waals surface area contributed by atoms with Crippen LogP contribution in [-0.4, -0.2) is 33.1 Å². The monoisotopic (exact) mass is 334 g/mol. The SMILES string of the molecule is C[C@@H](c1nc(-c2ccccc2)no1)N1CC[C@H](Cc2ccncc2)C1. The van der Waals surface area contributed by atoms with E-state index < -0.39 is 0 Å². The third kappa shape index (κ3) is 3.61. The van der Waals surface area contributed by atoms with Gasteiger partial charge in [0.05, 0.1) is 6.04 Å². The van der Waals surface area contributed by atoms with Crippen molar-refractivity contribution in [2.45, 2.75) is 25.8 Å². The zero-order chi connectivity index (χ0) is 17.1. The molecule has 1 saturated heterocycles. The highest BCUT2D eigenvalue weighted by atomic mass is 16.5. The number of aromatic nitrogens is 3. The molecule has 1 aromatic carbocycles. The van der Waals surface area contributed by atoms with E-state index in [0.717, 1.165) is 25.1 Å². The Morgan fingerprint density at radius 2 is 1.96 bits per heavy atom. The molecule has 25 heavy (non-hydrogen) atoms. The van der Waals surface area contributed by atoms with Crippen LogP contribution < -0.4 is 0 Å². The molecule has 3 aromatic rings. The minimum absolute atomic E-state index is 0.146. The van der Waals surface area contributed by atoms with Crippen molar-refractivity contribution in [1.82, 2.24) is 20.0 Å². The first kappa shape index (κ1) is 16.0. The topological polar surface area (TPSA) is 55.1 Å². The van der Waals surface area contributed by atoms with E-state index in [-0.39, 0.29) is 6.04 Å². The van der Waals surface area contributed by atoms with Crippen molar-refractivity contribution in [2.75, 3.05) is 13.1 Å². The third-order valence-corrected chi connectivity index (χ3v) is 4.97. The van der Waals surface area contributed by atoms with E-state index >= 15 is 0 Å². The molecule has 0 amide bonds. The minimum Gasteiger partial charge on any atom is -0.337 e. The van der Waals surface area contributed by atoms with Crippen LogP contribution in [0, 0.1) is 5.92 Å². The fourth-order valence-corrected chi connectivity index (χ4v) is 3.50. The molecule has 0 unspecified atom stereocenters. The Hall–Kier alpha value is -2.53. The van der Waals surface area contributed by atoms with Gasteiger partial charge in [-0.25, -0.2) is 0 Å². The Morgan fingerprint density at radius 1 is 1.16 bits per heavy atom. The summed E-state index contributed by atoms with van der Waals surface area (Å²) in [6.45, 7) is 4.28. The van der Waals surface area contributed by atoms with Crippen LogP contribution in [0.4, 0.5) is 0 Å². The van der Waals surface area contributed by atoms with Crippen LogP contribution >= 0.6 is 0 Å². The number of benzene rings is 1. The highest BCUT2D eigenvalue weighted by Crippen LogP contribution is 2.29. The molecule has 0 N–H and O–H groups in total. The van der Waals surface area contributed by atoms with Crippen LogP contribution in [0.15, 0.2) is 59.4 Å². The lowest BCUT2D eigenvalue weighted by Gasteiger charge is -2.21. The van der Waals surface area contributed by atoms with Crippen molar-refractivity contribution in [2.24, 2.45) is 5.92 Å². The lowest BCUT2D eigenvalue weighted by atomic mass is 10.00. The Balaban J connectivity index is 1.40.